The summed E-state index contributed by atoms with van der Waals surface area (Å²) in [5.74, 6) is 0.618. The second-order valence-electron chi connectivity index (χ2n) is 15.6. The van der Waals surface area contributed by atoms with Crippen molar-refractivity contribution in [2.45, 2.75) is 0 Å². The van der Waals surface area contributed by atoms with E-state index >= 15 is 0 Å². The maximum Gasteiger partial charge on any atom is 0.227 e. The highest BCUT2D eigenvalue weighted by molar-refractivity contribution is 6.19. The Labute approximate surface area is 358 Å². The van der Waals surface area contributed by atoms with E-state index in [1.807, 2.05) is 36.4 Å². The van der Waals surface area contributed by atoms with Gasteiger partial charge >= 0.3 is 0 Å². The molecule has 0 saturated carbocycles. The van der Waals surface area contributed by atoms with Crippen LogP contribution in [-0.2, 0) is 0 Å². The Balaban J connectivity index is 1.04. The molecule has 0 amide bonds. The molecule has 0 unspecified atom stereocenters. The number of nitrogens with zero attached hydrogens (tertiary/aromatic N) is 4. The van der Waals surface area contributed by atoms with E-state index in [2.05, 4.69) is 208 Å². The van der Waals surface area contributed by atoms with Crippen molar-refractivity contribution in [3.63, 3.8) is 0 Å². The van der Waals surface area contributed by atoms with E-state index < -0.39 is 0 Å². The Morgan fingerprint density at radius 2 is 0.903 bits per heavy atom. The summed E-state index contributed by atoms with van der Waals surface area (Å²) in [5.41, 5.74) is 12.4. The van der Waals surface area contributed by atoms with E-state index in [-0.39, 0.29) is 0 Å². The van der Waals surface area contributed by atoms with Crippen LogP contribution in [0.2, 0.25) is 0 Å². The standard InChI is InChI=1S/C57H38N4O/c1-5-16-41(17-6-1)57-58-56-54(62-57)35-31-40-29-28-39-30-32-47(37-51(39)55(40)56)59(42-18-7-2-8-19-42)45-24-15-25-46(36-45)60(43-20-9-3-10-21-43)48-33-34-50-49-26-13-14-27-52(49)61(53(50)38-48)44-22-11-4-12-23-44/h1-38H. The molecule has 0 fully saturated rings. The van der Waals surface area contributed by atoms with Crippen molar-refractivity contribution >= 4 is 88.6 Å². The summed E-state index contributed by atoms with van der Waals surface area (Å²) in [5, 5.41) is 6.89. The van der Waals surface area contributed by atoms with E-state index in [1.165, 1.54) is 16.3 Å². The second kappa shape index (κ2) is 14.7. The minimum atomic E-state index is 0.618. The Bertz CT molecular complexity index is 3580. The first kappa shape index (κ1) is 35.5. The third-order valence-corrected chi connectivity index (χ3v) is 11.9. The molecule has 2 heterocycles. The number of anilines is 6. The molecule has 0 bridgehead atoms. The van der Waals surface area contributed by atoms with Crippen molar-refractivity contribution < 1.29 is 4.42 Å². The van der Waals surface area contributed by atoms with E-state index in [9.17, 15) is 0 Å². The number of para-hydroxylation sites is 4. The molecule has 0 atom stereocenters. The Morgan fingerprint density at radius 1 is 0.371 bits per heavy atom. The van der Waals surface area contributed by atoms with Crippen LogP contribution in [0, 0.1) is 0 Å². The second-order valence-corrected chi connectivity index (χ2v) is 15.6. The highest BCUT2D eigenvalue weighted by Crippen LogP contribution is 2.44. The molecule has 0 spiro atoms. The average Bonchev–Trinajstić information content (AvgIpc) is 3.93. The first-order valence-electron chi connectivity index (χ1n) is 21.0. The summed E-state index contributed by atoms with van der Waals surface area (Å²) in [7, 11) is 0. The van der Waals surface area contributed by atoms with Crippen molar-refractivity contribution in [1.82, 2.24) is 9.55 Å². The minimum absolute atomic E-state index is 0.618. The van der Waals surface area contributed by atoms with Gasteiger partial charge in [-0.15, -0.1) is 0 Å². The first-order chi connectivity index (χ1) is 30.7. The molecular weight excluding hydrogens is 757 g/mol. The molecule has 5 heteroatoms. The zero-order valence-electron chi connectivity index (χ0n) is 33.6. The highest BCUT2D eigenvalue weighted by Gasteiger charge is 2.21. The molecule has 292 valence electrons. The largest absolute Gasteiger partial charge is 0.436 e. The zero-order chi connectivity index (χ0) is 41.0. The van der Waals surface area contributed by atoms with Crippen LogP contribution in [0.5, 0.6) is 0 Å². The molecular formula is C57H38N4O. The number of hydrogen-bond donors (Lipinski definition) is 0. The summed E-state index contributed by atoms with van der Waals surface area (Å²) >= 11 is 0. The third-order valence-electron chi connectivity index (χ3n) is 11.9. The maximum absolute atomic E-state index is 6.38. The van der Waals surface area contributed by atoms with Gasteiger partial charge in [0.25, 0.3) is 0 Å². The van der Waals surface area contributed by atoms with Gasteiger partial charge in [0.2, 0.25) is 5.89 Å². The molecule has 5 nitrogen and oxygen atoms in total. The van der Waals surface area contributed by atoms with E-state index in [0.29, 0.717) is 5.89 Å². The van der Waals surface area contributed by atoms with E-state index in [0.717, 1.165) is 83.5 Å². The van der Waals surface area contributed by atoms with E-state index in [1.54, 1.807) is 0 Å². The van der Waals surface area contributed by atoms with Gasteiger partial charge in [0, 0.05) is 61.5 Å². The fraction of sp³-hybridized carbons (Fsp3) is 0. The number of benzene rings is 10. The van der Waals surface area contributed by atoms with Gasteiger partial charge in [0.1, 0.15) is 5.52 Å². The van der Waals surface area contributed by atoms with Crippen molar-refractivity contribution in [2.24, 2.45) is 0 Å². The molecule has 62 heavy (non-hydrogen) atoms. The summed E-state index contributed by atoms with van der Waals surface area (Å²) in [6.45, 7) is 0. The summed E-state index contributed by atoms with van der Waals surface area (Å²) < 4.78 is 8.75. The SMILES string of the molecule is c1ccc(-c2nc3c(ccc4ccc5ccc(N(c6ccccc6)c6cccc(N(c7ccccc7)c7ccc8c9ccccc9n(-c9ccccc9)c8c7)c6)cc5c43)o2)cc1. The van der Waals surface area contributed by atoms with Crippen LogP contribution in [0.15, 0.2) is 235 Å². The zero-order valence-corrected chi connectivity index (χ0v) is 33.6. The Morgan fingerprint density at radius 3 is 1.63 bits per heavy atom. The number of aromatic nitrogens is 2. The number of fused-ring (bicyclic) bond motifs is 8. The first-order valence-corrected chi connectivity index (χ1v) is 21.0. The minimum Gasteiger partial charge on any atom is -0.436 e. The van der Waals surface area contributed by atoms with Gasteiger partial charge in [0.15, 0.2) is 5.58 Å². The van der Waals surface area contributed by atoms with Gasteiger partial charge in [-0.1, -0.05) is 127 Å². The van der Waals surface area contributed by atoms with E-state index in [4.69, 9.17) is 9.40 Å². The molecule has 0 aliphatic rings. The van der Waals surface area contributed by atoms with Gasteiger partial charge < -0.3 is 18.8 Å². The monoisotopic (exact) mass is 794 g/mol. The fourth-order valence-corrected chi connectivity index (χ4v) is 9.13. The normalized spacial score (nSPS) is 11.5. The average molecular weight is 795 g/mol. The molecule has 0 saturated heterocycles. The van der Waals surface area contributed by atoms with Crippen LogP contribution in [0.1, 0.15) is 0 Å². The van der Waals surface area contributed by atoms with Crippen LogP contribution in [0.3, 0.4) is 0 Å². The lowest BCUT2D eigenvalue weighted by Gasteiger charge is -2.29. The van der Waals surface area contributed by atoms with Crippen LogP contribution < -0.4 is 9.80 Å². The van der Waals surface area contributed by atoms with Crippen LogP contribution in [-0.4, -0.2) is 9.55 Å². The lowest BCUT2D eigenvalue weighted by Crippen LogP contribution is -2.13. The lowest BCUT2D eigenvalue weighted by molar-refractivity contribution is 0.620. The lowest BCUT2D eigenvalue weighted by atomic mass is 10.00. The summed E-state index contributed by atoms with van der Waals surface area (Å²) in [4.78, 5) is 9.81. The van der Waals surface area contributed by atoms with Crippen LogP contribution in [0.4, 0.5) is 34.1 Å². The number of oxazole rings is 1. The Hall–Kier alpha value is -8.41. The molecule has 0 aliphatic carbocycles. The number of rotatable bonds is 8. The number of hydrogen-bond acceptors (Lipinski definition) is 4. The van der Waals surface area contributed by atoms with Crippen molar-refractivity contribution in [1.29, 1.82) is 0 Å². The summed E-state index contributed by atoms with van der Waals surface area (Å²) in [6.07, 6.45) is 0. The Kier molecular flexibility index (Phi) is 8.42. The summed E-state index contributed by atoms with van der Waals surface area (Å²) in [6, 6.07) is 81.7. The van der Waals surface area contributed by atoms with Gasteiger partial charge in [-0.2, -0.15) is 0 Å². The van der Waals surface area contributed by atoms with Gasteiger partial charge in [-0.25, -0.2) is 4.98 Å². The molecule has 0 radical (unpaired) electrons. The van der Waals surface area contributed by atoms with Gasteiger partial charge in [0.05, 0.1) is 11.0 Å². The molecule has 10 aromatic carbocycles. The van der Waals surface area contributed by atoms with Crippen LogP contribution in [0.25, 0.3) is 71.6 Å². The molecule has 12 rings (SSSR count). The predicted molar refractivity (Wildman–Crippen MR) is 258 cm³/mol. The highest BCUT2D eigenvalue weighted by atomic mass is 16.3. The van der Waals surface area contributed by atoms with Crippen molar-refractivity contribution in [3.05, 3.63) is 231 Å². The quantitative estimate of drug-likeness (QED) is 0.144. The van der Waals surface area contributed by atoms with Crippen LogP contribution >= 0.6 is 0 Å². The fourth-order valence-electron chi connectivity index (χ4n) is 9.13. The van der Waals surface area contributed by atoms with Crippen molar-refractivity contribution in [3.8, 4) is 17.1 Å². The smallest absolute Gasteiger partial charge is 0.227 e. The van der Waals surface area contributed by atoms with Gasteiger partial charge in [-0.05, 0) is 119 Å². The third kappa shape index (κ3) is 5.98. The molecule has 12 aromatic rings. The molecule has 2 aromatic heterocycles. The topological polar surface area (TPSA) is 37.4 Å². The van der Waals surface area contributed by atoms with Gasteiger partial charge in [-0.3, -0.25) is 0 Å². The maximum atomic E-state index is 6.38. The van der Waals surface area contributed by atoms with Crippen molar-refractivity contribution in [2.75, 3.05) is 9.80 Å². The molecule has 0 N–H and O–H groups in total. The predicted octanol–water partition coefficient (Wildman–Crippen LogP) is 15.8. The molecule has 0 aliphatic heterocycles.